The number of aliphatic hydroxyl groups excluding tert-OH is 1. The van der Waals surface area contributed by atoms with Gasteiger partial charge in [0.1, 0.15) is 6.61 Å². The van der Waals surface area contributed by atoms with E-state index in [1.54, 1.807) is 0 Å². The first kappa shape index (κ1) is 14.4. The summed E-state index contributed by atoms with van der Waals surface area (Å²) >= 11 is 0. The number of hydrogen-bond acceptors (Lipinski definition) is 3. The second kappa shape index (κ2) is 8.68. The van der Waals surface area contributed by atoms with Crippen molar-refractivity contribution in [3.05, 3.63) is 0 Å². The molecule has 0 bridgehead atoms. The topological polar surface area (TPSA) is 58.6 Å². The molecule has 4 nitrogen and oxygen atoms in total. The van der Waals surface area contributed by atoms with Gasteiger partial charge in [0.15, 0.2) is 0 Å². The van der Waals surface area contributed by atoms with Crippen molar-refractivity contribution < 1.29 is 14.6 Å². The zero-order chi connectivity index (χ0) is 11.7. The largest absolute Gasteiger partial charge is 0.391 e. The summed E-state index contributed by atoms with van der Waals surface area (Å²) in [6, 6.07) is 0. The van der Waals surface area contributed by atoms with E-state index in [1.807, 2.05) is 20.8 Å². The van der Waals surface area contributed by atoms with E-state index >= 15 is 0 Å². The summed E-state index contributed by atoms with van der Waals surface area (Å²) < 4.78 is 4.95. The Labute approximate surface area is 92.0 Å². The fourth-order valence-electron chi connectivity index (χ4n) is 1.46. The molecule has 0 aliphatic heterocycles. The van der Waals surface area contributed by atoms with Gasteiger partial charge >= 0.3 is 0 Å². The SMILES string of the molecule is CCOCC(=O)NCC(O)C(CC)CC. The second-order valence-electron chi connectivity index (χ2n) is 3.59. The van der Waals surface area contributed by atoms with E-state index in [9.17, 15) is 9.90 Å². The Morgan fingerprint density at radius 1 is 1.33 bits per heavy atom. The van der Waals surface area contributed by atoms with Crippen LogP contribution in [0.4, 0.5) is 0 Å². The van der Waals surface area contributed by atoms with Crippen LogP contribution in [-0.2, 0) is 9.53 Å². The van der Waals surface area contributed by atoms with E-state index in [4.69, 9.17) is 4.74 Å². The maximum atomic E-state index is 11.2. The molecule has 4 heteroatoms. The Morgan fingerprint density at radius 3 is 2.40 bits per heavy atom. The molecule has 0 radical (unpaired) electrons. The van der Waals surface area contributed by atoms with Gasteiger partial charge in [-0.2, -0.15) is 0 Å². The highest BCUT2D eigenvalue weighted by atomic mass is 16.5. The lowest BCUT2D eigenvalue weighted by molar-refractivity contribution is -0.126. The zero-order valence-electron chi connectivity index (χ0n) is 9.95. The molecular weight excluding hydrogens is 194 g/mol. The predicted octanol–water partition coefficient (Wildman–Crippen LogP) is 0.936. The Morgan fingerprint density at radius 2 is 1.93 bits per heavy atom. The number of hydrogen-bond donors (Lipinski definition) is 2. The first-order chi connectivity index (χ1) is 7.15. The monoisotopic (exact) mass is 217 g/mol. The maximum Gasteiger partial charge on any atom is 0.246 e. The van der Waals surface area contributed by atoms with E-state index < -0.39 is 6.10 Å². The van der Waals surface area contributed by atoms with E-state index in [1.165, 1.54) is 0 Å². The molecule has 0 rings (SSSR count). The van der Waals surface area contributed by atoms with Crippen LogP contribution in [0.3, 0.4) is 0 Å². The average Bonchev–Trinajstić information content (AvgIpc) is 2.25. The molecule has 90 valence electrons. The lowest BCUT2D eigenvalue weighted by atomic mass is 9.97. The Hall–Kier alpha value is -0.610. The zero-order valence-corrected chi connectivity index (χ0v) is 9.95. The lowest BCUT2D eigenvalue weighted by Crippen LogP contribution is -2.37. The summed E-state index contributed by atoms with van der Waals surface area (Å²) in [5, 5.41) is 12.4. The number of amides is 1. The second-order valence-corrected chi connectivity index (χ2v) is 3.59. The van der Waals surface area contributed by atoms with E-state index in [-0.39, 0.29) is 18.4 Å². The third-order valence-electron chi connectivity index (χ3n) is 2.54. The Balaban J connectivity index is 3.68. The van der Waals surface area contributed by atoms with Gasteiger partial charge in [0, 0.05) is 13.2 Å². The first-order valence-corrected chi connectivity index (χ1v) is 5.68. The van der Waals surface area contributed by atoms with Crippen molar-refractivity contribution in [1.29, 1.82) is 0 Å². The summed E-state index contributed by atoms with van der Waals surface area (Å²) in [6.07, 6.45) is 1.41. The van der Waals surface area contributed by atoms with Crippen LogP contribution in [0, 0.1) is 5.92 Å². The fourth-order valence-corrected chi connectivity index (χ4v) is 1.46. The van der Waals surface area contributed by atoms with E-state index in [0.717, 1.165) is 12.8 Å². The van der Waals surface area contributed by atoms with Crippen LogP contribution in [0.5, 0.6) is 0 Å². The van der Waals surface area contributed by atoms with Gasteiger partial charge in [-0.25, -0.2) is 0 Å². The fraction of sp³-hybridized carbons (Fsp3) is 0.909. The van der Waals surface area contributed by atoms with Crippen LogP contribution < -0.4 is 5.32 Å². The van der Waals surface area contributed by atoms with Crippen LogP contribution in [0.1, 0.15) is 33.6 Å². The molecule has 0 aliphatic carbocycles. The maximum absolute atomic E-state index is 11.2. The number of carbonyl (C=O) groups excluding carboxylic acids is 1. The summed E-state index contributed by atoms with van der Waals surface area (Å²) in [5.74, 6) is 0.0965. The minimum atomic E-state index is -0.453. The third kappa shape index (κ3) is 6.47. The standard InChI is InChI=1S/C11H23NO3/c1-4-9(5-2)10(13)7-12-11(14)8-15-6-3/h9-10,13H,4-8H2,1-3H3,(H,12,14). The molecule has 1 amide bonds. The van der Waals surface area contributed by atoms with E-state index in [2.05, 4.69) is 5.32 Å². The molecule has 1 unspecified atom stereocenters. The van der Waals surface area contributed by atoms with Crippen molar-refractivity contribution in [2.75, 3.05) is 19.8 Å². The molecule has 0 heterocycles. The molecule has 0 fully saturated rings. The summed E-state index contributed by atoms with van der Waals surface area (Å²) in [4.78, 5) is 11.2. The van der Waals surface area contributed by atoms with Crippen molar-refractivity contribution in [2.45, 2.75) is 39.7 Å². The van der Waals surface area contributed by atoms with Crippen molar-refractivity contribution in [2.24, 2.45) is 5.92 Å². The highest BCUT2D eigenvalue weighted by Crippen LogP contribution is 2.11. The molecule has 0 saturated heterocycles. The molecule has 1 atom stereocenters. The van der Waals surface area contributed by atoms with Crippen LogP contribution in [0.25, 0.3) is 0 Å². The van der Waals surface area contributed by atoms with Gasteiger partial charge in [0.05, 0.1) is 6.10 Å². The summed E-state index contributed by atoms with van der Waals surface area (Å²) in [6.45, 7) is 6.85. The van der Waals surface area contributed by atoms with Gasteiger partial charge in [0.25, 0.3) is 0 Å². The molecule has 0 aromatic carbocycles. The Kier molecular flexibility index (Phi) is 8.33. The summed E-state index contributed by atoms with van der Waals surface area (Å²) in [7, 11) is 0. The molecular formula is C11H23NO3. The molecule has 0 saturated carbocycles. The molecule has 15 heavy (non-hydrogen) atoms. The highest BCUT2D eigenvalue weighted by Gasteiger charge is 2.15. The number of ether oxygens (including phenoxy) is 1. The predicted molar refractivity (Wildman–Crippen MR) is 59.6 cm³/mol. The molecule has 0 aromatic rings. The smallest absolute Gasteiger partial charge is 0.246 e. The lowest BCUT2D eigenvalue weighted by Gasteiger charge is -2.20. The van der Waals surface area contributed by atoms with Gasteiger partial charge in [-0.05, 0) is 12.8 Å². The van der Waals surface area contributed by atoms with Gasteiger partial charge in [-0.3, -0.25) is 4.79 Å². The first-order valence-electron chi connectivity index (χ1n) is 5.68. The minimum Gasteiger partial charge on any atom is -0.391 e. The minimum absolute atomic E-state index is 0.0755. The van der Waals surface area contributed by atoms with Crippen LogP contribution >= 0.6 is 0 Å². The Bertz CT molecular complexity index is 169. The highest BCUT2D eigenvalue weighted by molar-refractivity contribution is 5.77. The van der Waals surface area contributed by atoms with Crippen LogP contribution in [-0.4, -0.2) is 36.9 Å². The molecule has 2 N–H and O–H groups in total. The quantitative estimate of drug-likeness (QED) is 0.636. The van der Waals surface area contributed by atoms with E-state index in [0.29, 0.717) is 13.2 Å². The van der Waals surface area contributed by atoms with Gasteiger partial charge in [-0.15, -0.1) is 0 Å². The van der Waals surface area contributed by atoms with Crippen molar-refractivity contribution in [3.8, 4) is 0 Å². The number of rotatable bonds is 8. The van der Waals surface area contributed by atoms with Gasteiger partial charge in [0.2, 0.25) is 5.91 Å². The van der Waals surface area contributed by atoms with Gasteiger partial charge < -0.3 is 15.2 Å². The molecule has 0 spiro atoms. The van der Waals surface area contributed by atoms with Crippen LogP contribution in [0.15, 0.2) is 0 Å². The summed E-state index contributed by atoms with van der Waals surface area (Å²) in [5.41, 5.74) is 0. The third-order valence-corrected chi connectivity index (χ3v) is 2.54. The average molecular weight is 217 g/mol. The van der Waals surface area contributed by atoms with Crippen molar-refractivity contribution >= 4 is 5.91 Å². The van der Waals surface area contributed by atoms with Crippen LogP contribution in [0.2, 0.25) is 0 Å². The van der Waals surface area contributed by atoms with Crippen molar-refractivity contribution in [1.82, 2.24) is 5.32 Å². The number of carbonyl (C=O) groups is 1. The van der Waals surface area contributed by atoms with Crippen molar-refractivity contribution in [3.63, 3.8) is 0 Å². The van der Waals surface area contributed by atoms with Gasteiger partial charge in [-0.1, -0.05) is 26.7 Å². The number of nitrogens with one attached hydrogen (secondary N) is 1. The molecule has 0 aliphatic rings. The number of aliphatic hydroxyl groups is 1. The normalized spacial score (nSPS) is 12.9. The molecule has 0 aromatic heterocycles.